The number of hydrogen-bond donors (Lipinski definition) is 3. The summed E-state index contributed by atoms with van der Waals surface area (Å²) in [5.74, 6) is -1.39. The van der Waals surface area contributed by atoms with Gasteiger partial charge >= 0.3 is 39.5 Å². The monoisotopic (exact) mass is 1280 g/mol. The highest BCUT2D eigenvalue weighted by molar-refractivity contribution is 7.47. The van der Waals surface area contributed by atoms with Gasteiger partial charge in [0.1, 0.15) is 19.3 Å². The molecule has 0 spiro atoms. The van der Waals surface area contributed by atoms with Crippen LogP contribution in [0.25, 0.3) is 0 Å². The van der Waals surface area contributed by atoms with E-state index in [-0.39, 0.29) is 25.7 Å². The van der Waals surface area contributed by atoms with Crippen molar-refractivity contribution < 1.29 is 80.2 Å². The van der Waals surface area contributed by atoms with Crippen molar-refractivity contribution in [3.05, 3.63) is 0 Å². The van der Waals surface area contributed by atoms with E-state index in [0.717, 1.165) is 102 Å². The number of aliphatic hydroxyl groups is 1. The maximum Gasteiger partial charge on any atom is 0.472 e. The van der Waals surface area contributed by atoms with Crippen LogP contribution in [0.3, 0.4) is 0 Å². The number of hydrogen-bond acceptors (Lipinski definition) is 15. The summed E-state index contributed by atoms with van der Waals surface area (Å²) in [5.41, 5.74) is 0. The van der Waals surface area contributed by atoms with Crippen LogP contribution in [0.15, 0.2) is 0 Å². The second kappa shape index (κ2) is 61.6. The molecule has 6 atom stereocenters. The van der Waals surface area contributed by atoms with Gasteiger partial charge in [-0.15, -0.1) is 0 Å². The van der Waals surface area contributed by atoms with E-state index in [9.17, 15) is 43.2 Å². The Labute approximate surface area is 530 Å². The third-order valence-corrected chi connectivity index (χ3v) is 18.0. The lowest BCUT2D eigenvalue weighted by molar-refractivity contribution is -0.161. The van der Waals surface area contributed by atoms with Gasteiger partial charge in [0, 0.05) is 25.7 Å². The number of carbonyl (C=O) groups is 4. The van der Waals surface area contributed by atoms with E-state index in [1.807, 2.05) is 0 Å². The molecule has 0 heterocycles. The lowest BCUT2D eigenvalue weighted by Crippen LogP contribution is -2.30. The van der Waals surface area contributed by atoms with Gasteiger partial charge in [-0.3, -0.25) is 37.3 Å². The predicted octanol–water partition coefficient (Wildman–Crippen LogP) is 19.4. The smallest absolute Gasteiger partial charge is 0.462 e. The number of unbranched alkanes of at least 4 members (excludes halogenated alkanes) is 39. The third-order valence-electron chi connectivity index (χ3n) is 16.1. The number of phosphoric acid groups is 2. The molecule has 0 aliphatic rings. The number of phosphoric ester groups is 2. The summed E-state index contributed by atoms with van der Waals surface area (Å²) >= 11 is 0. The normalized spacial score (nSPS) is 14.4. The fraction of sp³-hybridized carbons (Fsp3) is 0.941. The van der Waals surface area contributed by atoms with Crippen LogP contribution < -0.4 is 0 Å². The molecular weight excluding hydrogens is 1150 g/mol. The Hall–Kier alpha value is -1.94. The minimum Gasteiger partial charge on any atom is -0.462 e. The fourth-order valence-corrected chi connectivity index (χ4v) is 11.8. The summed E-state index contributed by atoms with van der Waals surface area (Å²) < 4.78 is 68.2. The minimum atomic E-state index is -4.95. The average Bonchev–Trinajstić information content (AvgIpc) is 3.71. The summed E-state index contributed by atoms with van der Waals surface area (Å²) in [5, 5.41) is 10.6. The van der Waals surface area contributed by atoms with E-state index in [2.05, 4.69) is 34.6 Å². The molecule has 0 aromatic rings. The molecule has 0 saturated heterocycles. The van der Waals surface area contributed by atoms with E-state index in [4.69, 9.17) is 37.0 Å². The Kier molecular flexibility index (Phi) is 60.2. The van der Waals surface area contributed by atoms with Gasteiger partial charge < -0.3 is 33.8 Å². The molecule has 3 N–H and O–H groups in total. The molecule has 17 nitrogen and oxygen atoms in total. The first-order chi connectivity index (χ1) is 42.1. The van der Waals surface area contributed by atoms with Crippen LogP contribution in [0.1, 0.15) is 349 Å². The second-order valence-corrected chi connectivity index (χ2v) is 27.7. The summed E-state index contributed by atoms with van der Waals surface area (Å²) in [6.45, 7) is 7.19. The van der Waals surface area contributed by atoms with E-state index in [1.54, 1.807) is 0 Å². The maximum atomic E-state index is 13.0. The first kappa shape index (κ1) is 85.1. The Bertz CT molecular complexity index is 1690. The van der Waals surface area contributed by atoms with Crippen molar-refractivity contribution in [3.63, 3.8) is 0 Å². The number of ether oxygens (including phenoxy) is 4. The average molecular weight is 1280 g/mol. The highest BCUT2D eigenvalue weighted by Crippen LogP contribution is 2.45. The summed E-state index contributed by atoms with van der Waals surface area (Å²) in [7, 11) is -9.89. The van der Waals surface area contributed by atoms with Crippen molar-refractivity contribution in [1.82, 2.24) is 0 Å². The third kappa shape index (κ3) is 61.3. The first-order valence-electron chi connectivity index (χ1n) is 35.7. The fourth-order valence-electron chi connectivity index (χ4n) is 10.3. The van der Waals surface area contributed by atoms with Crippen molar-refractivity contribution in [3.8, 4) is 0 Å². The number of esters is 4. The summed E-state index contributed by atoms with van der Waals surface area (Å²) in [6.07, 6.45) is 47.0. The van der Waals surface area contributed by atoms with Crippen LogP contribution in [-0.2, 0) is 65.4 Å². The van der Waals surface area contributed by atoms with Crippen molar-refractivity contribution in [2.45, 2.75) is 368 Å². The van der Waals surface area contributed by atoms with E-state index in [0.29, 0.717) is 25.7 Å². The van der Waals surface area contributed by atoms with Gasteiger partial charge in [0.05, 0.1) is 26.4 Å². The lowest BCUT2D eigenvalue weighted by Gasteiger charge is -2.21. The topological polar surface area (TPSA) is 237 Å². The molecule has 19 heteroatoms. The molecule has 0 aliphatic heterocycles. The van der Waals surface area contributed by atoms with Crippen molar-refractivity contribution in [1.29, 1.82) is 0 Å². The van der Waals surface area contributed by atoms with Crippen molar-refractivity contribution >= 4 is 39.5 Å². The van der Waals surface area contributed by atoms with Crippen LogP contribution >= 0.6 is 15.6 Å². The maximum absolute atomic E-state index is 13.0. The largest absolute Gasteiger partial charge is 0.472 e. The molecule has 0 aromatic heterocycles. The molecule has 3 unspecified atom stereocenters. The standard InChI is InChI=1S/C68H132O17P2/c1-6-10-13-16-19-22-25-27-28-31-34-37-44-49-54-68(73)84-63(57-78-65(70)51-46-41-35-32-30-26-23-20-17-14-11-7-2)59-82-86(74,75)80-55-62(69)56-81-87(76,77)83-60-64(58-79-66(71)52-47-42-39-38-40-45-50-61(5)9-4)85-67(72)53-48-43-36-33-29-24-21-18-15-12-8-3/h61-64,69H,6-60H2,1-5H3,(H,74,75)(H,76,77)/t61?,62-,63-,64-/m1/s1. The number of aliphatic hydroxyl groups excluding tert-OH is 1. The van der Waals surface area contributed by atoms with E-state index < -0.39 is 97.5 Å². The van der Waals surface area contributed by atoms with E-state index >= 15 is 0 Å². The van der Waals surface area contributed by atoms with E-state index in [1.165, 1.54) is 167 Å². The highest BCUT2D eigenvalue weighted by atomic mass is 31.2. The van der Waals surface area contributed by atoms with Gasteiger partial charge in [-0.05, 0) is 31.6 Å². The predicted molar refractivity (Wildman–Crippen MR) is 349 cm³/mol. The van der Waals surface area contributed by atoms with Crippen molar-refractivity contribution in [2.24, 2.45) is 5.92 Å². The molecule has 0 radical (unpaired) electrons. The van der Waals surface area contributed by atoms with Crippen LogP contribution in [-0.4, -0.2) is 96.7 Å². The summed E-state index contributed by atoms with van der Waals surface area (Å²) in [4.78, 5) is 72.4. The molecule has 0 aromatic carbocycles. The van der Waals surface area contributed by atoms with Crippen LogP contribution in [0.5, 0.6) is 0 Å². The van der Waals surface area contributed by atoms with Crippen LogP contribution in [0, 0.1) is 5.92 Å². The van der Waals surface area contributed by atoms with Gasteiger partial charge in [0.25, 0.3) is 0 Å². The molecule has 87 heavy (non-hydrogen) atoms. The van der Waals surface area contributed by atoms with Gasteiger partial charge in [0.2, 0.25) is 0 Å². The molecule has 0 fully saturated rings. The second-order valence-electron chi connectivity index (χ2n) is 24.8. The Morgan fingerprint density at radius 2 is 0.552 bits per heavy atom. The zero-order valence-corrected chi connectivity index (χ0v) is 57.9. The molecule has 0 rings (SSSR count). The quantitative estimate of drug-likeness (QED) is 0.0222. The lowest BCUT2D eigenvalue weighted by atomic mass is 10.00. The van der Waals surface area contributed by atoms with Gasteiger partial charge in [-0.2, -0.15) is 0 Å². The summed E-state index contributed by atoms with van der Waals surface area (Å²) in [6, 6.07) is 0. The van der Waals surface area contributed by atoms with Gasteiger partial charge in [-0.1, -0.05) is 298 Å². The van der Waals surface area contributed by atoms with Crippen molar-refractivity contribution in [2.75, 3.05) is 39.6 Å². The van der Waals surface area contributed by atoms with Crippen LogP contribution in [0.2, 0.25) is 0 Å². The highest BCUT2D eigenvalue weighted by Gasteiger charge is 2.30. The SMILES string of the molecule is CCCCCCCCCCCCCCCCC(=O)O[C@H](COC(=O)CCCCCCCCCCCCCC)COP(=O)(O)OC[C@@H](O)COP(=O)(O)OC[C@@H](COC(=O)CCCCCCCCC(C)CC)OC(=O)CCCCCCCCCCCCC. The zero-order chi connectivity index (χ0) is 64.2. The van der Waals surface area contributed by atoms with Crippen LogP contribution in [0.4, 0.5) is 0 Å². The zero-order valence-electron chi connectivity index (χ0n) is 56.2. The first-order valence-corrected chi connectivity index (χ1v) is 38.7. The minimum absolute atomic E-state index is 0.106. The molecule has 0 bridgehead atoms. The molecule has 516 valence electrons. The Morgan fingerprint density at radius 1 is 0.322 bits per heavy atom. The molecule has 0 amide bonds. The van der Waals surface area contributed by atoms with Gasteiger partial charge in [0.15, 0.2) is 12.2 Å². The number of carbonyl (C=O) groups excluding carboxylic acids is 4. The Balaban J connectivity index is 5.25. The Morgan fingerprint density at radius 3 is 0.816 bits per heavy atom. The number of rotatable bonds is 68. The molecule has 0 saturated carbocycles. The van der Waals surface area contributed by atoms with Gasteiger partial charge in [-0.25, -0.2) is 9.13 Å². The molecular formula is C68H132O17P2. The molecule has 0 aliphatic carbocycles.